The maximum absolute atomic E-state index is 5.71. The summed E-state index contributed by atoms with van der Waals surface area (Å²) < 4.78 is 6.80. The topological polar surface area (TPSA) is 47.0 Å². The zero-order chi connectivity index (χ0) is 14.4. The molecule has 1 aromatic carbocycles. The molecule has 1 N–H and O–H groups in total. The first-order chi connectivity index (χ1) is 9.74. The Hall–Kier alpha value is -1.37. The van der Waals surface area contributed by atoms with Crippen molar-refractivity contribution < 1.29 is 4.74 Å². The largest absolute Gasteiger partial charge is 0.486 e. The molecule has 0 fully saturated rings. The molecule has 2 aromatic rings. The molecule has 20 heavy (non-hydrogen) atoms. The lowest BCUT2D eigenvalue weighted by atomic mass is 10.3. The van der Waals surface area contributed by atoms with Crippen LogP contribution in [0.15, 0.2) is 30.3 Å². The van der Waals surface area contributed by atoms with Crippen molar-refractivity contribution in [3.8, 4) is 5.75 Å². The highest BCUT2D eigenvalue weighted by Gasteiger charge is 2.10. The van der Waals surface area contributed by atoms with Crippen molar-refractivity contribution in [2.45, 2.75) is 26.9 Å². The molecule has 0 bridgehead atoms. The van der Waals surface area contributed by atoms with Crippen molar-refractivity contribution in [3.63, 3.8) is 0 Å². The van der Waals surface area contributed by atoms with Gasteiger partial charge < -0.3 is 10.1 Å². The fourth-order valence-corrected chi connectivity index (χ4v) is 2.61. The van der Waals surface area contributed by atoms with Gasteiger partial charge in [0.15, 0.2) is 5.82 Å². The molecule has 0 unspecified atom stereocenters. The predicted octanol–water partition coefficient (Wildman–Crippen LogP) is 3.65. The summed E-state index contributed by atoms with van der Waals surface area (Å²) in [5, 5.41) is 3.27. The van der Waals surface area contributed by atoms with Crippen LogP contribution in [0.3, 0.4) is 0 Å². The van der Waals surface area contributed by atoms with Gasteiger partial charge in [0.1, 0.15) is 18.2 Å². The minimum absolute atomic E-state index is 0.381. The maximum atomic E-state index is 5.71. The second kappa shape index (κ2) is 7.42. The van der Waals surface area contributed by atoms with Crippen LogP contribution in [0.25, 0.3) is 0 Å². The Balaban J connectivity index is 2.16. The molecule has 0 aliphatic carbocycles. The van der Waals surface area contributed by atoms with Gasteiger partial charge in [-0.2, -0.15) is 0 Å². The van der Waals surface area contributed by atoms with Crippen molar-refractivity contribution >= 4 is 28.4 Å². The van der Waals surface area contributed by atoms with E-state index in [0.29, 0.717) is 12.4 Å². The molecule has 0 aliphatic heterocycles. The van der Waals surface area contributed by atoms with Gasteiger partial charge in [0.2, 0.25) is 0 Å². The lowest BCUT2D eigenvalue weighted by molar-refractivity contribution is 0.295. The molecule has 0 aliphatic rings. The summed E-state index contributed by atoms with van der Waals surface area (Å²) >= 11 is 2.29. The van der Waals surface area contributed by atoms with Gasteiger partial charge >= 0.3 is 0 Å². The highest BCUT2D eigenvalue weighted by molar-refractivity contribution is 14.1. The van der Waals surface area contributed by atoms with E-state index in [1.54, 1.807) is 0 Å². The quantitative estimate of drug-likeness (QED) is 0.774. The van der Waals surface area contributed by atoms with E-state index in [4.69, 9.17) is 4.74 Å². The third-order valence-corrected chi connectivity index (χ3v) is 3.89. The van der Waals surface area contributed by atoms with Crippen LogP contribution < -0.4 is 10.1 Å². The molecule has 1 heterocycles. The molecule has 0 amide bonds. The maximum Gasteiger partial charge on any atom is 0.168 e. The van der Waals surface area contributed by atoms with Crippen molar-refractivity contribution in [1.29, 1.82) is 0 Å². The fraction of sp³-hybridized carbons (Fsp3) is 0.333. The van der Waals surface area contributed by atoms with E-state index in [9.17, 15) is 0 Å². The summed E-state index contributed by atoms with van der Waals surface area (Å²) in [7, 11) is 0. The summed E-state index contributed by atoms with van der Waals surface area (Å²) in [5.41, 5.74) is 1.06. The number of benzene rings is 1. The zero-order valence-corrected chi connectivity index (χ0v) is 13.8. The lowest BCUT2D eigenvalue weighted by Crippen LogP contribution is -2.11. The van der Waals surface area contributed by atoms with Gasteiger partial charge in [0.25, 0.3) is 0 Å². The summed E-state index contributed by atoms with van der Waals surface area (Å²) in [5.74, 6) is 2.44. The molecule has 0 atom stereocenters. The van der Waals surface area contributed by atoms with Crippen LogP contribution in [0.1, 0.15) is 25.4 Å². The number of hydrogen-bond donors (Lipinski definition) is 1. The number of rotatable bonds is 6. The fourth-order valence-electron chi connectivity index (χ4n) is 1.79. The average molecular weight is 383 g/mol. The predicted molar refractivity (Wildman–Crippen MR) is 89.1 cm³/mol. The number of anilines is 1. The van der Waals surface area contributed by atoms with Gasteiger partial charge in [-0.05, 0) is 48.1 Å². The number of para-hydroxylation sites is 1. The summed E-state index contributed by atoms with van der Waals surface area (Å²) in [6.07, 6.45) is 0.886. The van der Waals surface area contributed by atoms with E-state index >= 15 is 0 Å². The smallest absolute Gasteiger partial charge is 0.168 e. The molecule has 0 radical (unpaired) electrons. The van der Waals surface area contributed by atoms with Gasteiger partial charge in [0.05, 0.1) is 9.26 Å². The van der Waals surface area contributed by atoms with Crippen molar-refractivity contribution in [2.75, 3.05) is 11.9 Å². The van der Waals surface area contributed by atoms with Gasteiger partial charge in [-0.25, -0.2) is 9.97 Å². The second-order valence-electron chi connectivity index (χ2n) is 4.23. The van der Waals surface area contributed by atoms with Crippen LogP contribution in [-0.2, 0) is 13.0 Å². The Labute approximate surface area is 133 Å². The van der Waals surface area contributed by atoms with Gasteiger partial charge in [-0.15, -0.1) is 0 Å². The van der Waals surface area contributed by atoms with Crippen molar-refractivity contribution in [3.05, 3.63) is 45.4 Å². The van der Waals surface area contributed by atoms with E-state index < -0.39 is 0 Å². The molecular weight excluding hydrogens is 365 g/mol. The molecule has 1 aromatic heterocycles. The molecule has 0 spiro atoms. The van der Waals surface area contributed by atoms with E-state index in [1.807, 2.05) is 30.3 Å². The van der Waals surface area contributed by atoms with Crippen LogP contribution in [-0.4, -0.2) is 16.5 Å². The monoisotopic (exact) mass is 383 g/mol. The van der Waals surface area contributed by atoms with Crippen LogP contribution in [0.5, 0.6) is 5.75 Å². The van der Waals surface area contributed by atoms with E-state index in [2.05, 4.69) is 51.7 Å². The first-order valence-corrected chi connectivity index (χ1v) is 7.79. The number of ether oxygens (including phenoxy) is 1. The second-order valence-corrected chi connectivity index (χ2v) is 5.31. The van der Waals surface area contributed by atoms with Gasteiger partial charge in [-0.3, -0.25) is 0 Å². The number of aromatic nitrogens is 2. The van der Waals surface area contributed by atoms with Gasteiger partial charge in [-0.1, -0.05) is 25.1 Å². The van der Waals surface area contributed by atoms with Crippen LogP contribution in [0.4, 0.5) is 5.82 Å². The molecular formula is C15H18IN3O. The number of hydrogen-bond acceptors (Lipinski definition) is 4. The summed E-state index contributed by atoms with van der Waals surface area (Å²) in [4.78, 5) is 9.10. The zero-order valence-electron chi connectivity index (χ0n) is 11.7. The molecule has 0 saturated carbocycles. The lowest BCUT2D eigenvalue weighted by Gasteiger charge is -2.12. The number of nitrogens with zero attached hydrogens (tertiary/aromatic N) is 2. The molecule has 0 saturated heterocycles. The Morgan fingerprint density at radius 1 is 1.15 bits per heavy atom. The van der Waals surface area contributed by atoms with E-state index in [1.165, 1.54) is 0 Å². The standard InChI is InChI=1S/C15H18IN3O/c1-3-12-14(16)15(17-4-2)19-13(18-12)10-20-11-8-6-5-7-9-11/h5-9H,3-4,10H2,1-2H3,(H,17,18,19). The Morgan fingerprint density at radius 3 is 2.55 bits per heavy atom. The minimum atomic E-state index is 0.381. The molecule has 106 valence electrons. The van der Waals surface area contributed by atoms with E-state index in [-0.39, 0.29) is 0 Å². The first kappa shape index (κ1) is 15.0. The third-order valence-electron chi connectivity index (χ3n) is 2.76. The number of nitrogens with one attached hydrogen (secondary N) is 1. The van der Waals surface area contributed by atoms with Crippen LogP contribution in [0, 0.1) is 3.57 Å². The minimum Gasteiger partial charge on any atom is -0.486 e. The van der Waals surface area contributed by atoms with Crippen molar-refractivity contribution in [2.24, 2.45) is 0 Å². The van der Waals surface area contributed by atoms with Gasteiger partial charge in [0, 0.05) is 6.54 Å². The molecule has 5 heteroatoms. The highest BCUT2D eigenvalue weighted by atomic mass is 127. The number of halogens is 1. The van der Waals surface area contributed by atoms with Crippen LogP contribution >= 0.6 is 22.6 Å². The Kier molecular flexibility index (Phi) is 5.58. The average Bonchev–Trinajstić information content (AvgIpc) is 2.49. The molecule has 4 nitrogen and oxygen atoms in total. The number of aryl methyl sites for hydroxylation is 1. The normalized spacial score (nSPS) is 10.3. The summed E-state index contributed by atoms with van der Waals surface area (Å²) in [6, 6.07) is 9.72. The van der Waals surface area contributed by atoms with Crippen molar-refractivity contribution in [1.82, 2.24) is 9.97 Å². The Bertz CT molecular complexity index is 561. The van der Waals surface area contributed by atoms with Crippen LogP contribution in [0.2, 0.25) is 0 Å². The molecule has 2 rings (SSSR count). The Morgan fingerprint density at radius 2 is 1.90 bits per heavy atom. The third kappa shape index (κ3) is 3.82. The highest BCUT2D eigenvalue weighted by Crippen LogP contribution is 2.20. The summed E-state index contributed by atoms with van der Waals surface area (Å²) in [6.45, 7) is 5.38. The van der Waals surface area contributed by atoms with E-state index in [0.717, 1.165) is 33.8 Å². The first-order valence-electron chi connectivity index (χ1n) is 6.71. The SMILES string of the molecule is CCNc1nc(COc2ccccc2)nc(CC)c1I.